The van der Waals surface area contributed by atoms with Gasteiger partial charge in [-0.2, -0.15) is 0 Å². The van der Waals surface area contributed by atoms with Gasteiger partial charge in [0.2, 0.25) is 17.7 Å². The van der Waals surface area contributed by atoms with Gasteiger partial charge in [-0.25, -0.2) is 4.98 Å². The quantitative estimate of drug-likeness (QED) is 0.359. The fraction of sp³-hybridized carbons (Fsp3) is 0.500. The van der Waals surface area contributed by atoms with Gasteiger partial charge in [0.1, 0.15) is 12.1 Å². The maximum atomic E-state index is 13.9. The fourth-order valence-corrected chi connectivity index (χ4v) is 4.82. The molecule has 3 atom stereocenters. The lowest BCUT2D eigenvalue weighted by Crippen LogP contribution is -2.57. The van der Waals surface area contributed by atoms with Gasteiger partial charge in [-0.3, -0.25) is 14.4 Å². The van der Waals surface area contributed by atoms with Crippen LogP contribution in [0.5, 0.6) is 0 Å². The third-order valence-corrected chi connectivity index (χ3v) is 7.08. The molecule has 2 aromatic heterocycles. The summed E-state index contributed by atoms with van der Waals surface area (Å²) >= 11 is 0. The van der Waals surface area contributed by atoms with Gasteiger partial charge < -0.3 is 30.3 Å². The van der Waals surface area contributed by atoms with Gasteiger partial charge in [0.05, 0.1) is 6.04 Å². The van der Waals surface area contributed by atoms with Gasteiger partial charge in [-0.1, -0.05) is 39.0 Å². The van der Waals surface area contributed by atoms with E-state index in [-0.39, 0.29) is 23.4 Å². The van der Waals surface area contributed by atoms with Gasteiger partial charge >= 0.3 is 0 Å². The predicted molar refractivity (Wildman–Crippen MR) is 145 cm³/mol. The number of benzene rings is 1. The number of likely N-dealkylation sites (tertiary alicyclic amines) is 1. The summed E-state index contributed by atoms with van der Waals surface area (Å²) in [6.07, 6.45) is 3.21. The van der Waals surface area contributed by atoms with E-state index in [0.29, 0.717) is 31.2 Å². The van der Waals surface area contributed by atoms with Gasteiger partial charge in [0, 0.05) is 35.8 Å². The zero-order valence-electron chi connectivity index (χ0n) is 23.0. The van der Waals surface area contributed by atoms with Crippen LogP contribution in [0.4, 0.5) is 0 Å². The molecule has 4 N–H and O–H groups in total. The minimum absolute atomic E-state index is 0.189. The Hall–Kier alpha value is -3.66. The van der Waals surface area contributed by atoms with E-state index in [1.165, 1.54) is 0 Å². The first kappa shape index (κ1) is 27.4. The largest absolute Gasteiger partial charge is 0.437 e. The smallest absolute Gasteiger partial charge is 0.273 e. The molecule has 38 heavy (non-hydrogen) atoms. The molecule has 0 radical (unpaired) electrons. The highest BCUT2D eigenvalue weighted by molar-refractivity contribution is 6.03. The van der Waals surface area contributed by atoms with Crippen molar-refractivity contribution in [3.8, 4) is 11.3 Å². The number of oxazole rings is 1. The zero-order valence-corrected chi connectivity index (χ0v) is 23.0. The average Bonchev–Trinajstić information content (AvgIpc) is 3.63. The summed E-state index contributed by atoms with van der Waals surface area (Å²) in [5, 5.41) is 9.59. The SMILES string of the molecule is CCNC(=O)c1nc([C@@H]2CCCN2C(=O)[C@@H](NC(=O)[C@H](C)NC)C(C)(C)C)oc1-c1c[nH]c2ccccc12. The summed E-state index contributed by atoms with van der Waals surface area (Å²) in [5.74, 6) is -0.0819. The minimum atomic E-state index is -0.739. The Morgan fingerprint density at radius 3 is 2.66 bits per heavy atom. The maximum absolute atomic E-state index is 13.9. The Balaban J connectivity index is 1.71. The lowest BCUT2D eigenvalue weighted by atomic mass is 9.85. The van der Waals surface area contributed by atoms with Crippen molar-refractivity contribution in [1.82, 2.24) is 30.8 Å². The third-order valence-electron chi connectivity index (χ3n) is 7.08. The second kappa shape index (κ2) is 11.0. The van der Waals surface area contributed by atoms with E-state index < -0.39 is 23.5 Å². The predicted octanol–water partition coefficient (Wildman–Crippen LogP) is 3.37. The molecule has 3 aromatic rings. The average molecular weight is 523 g/mol. The number of para-hydroxylation sites is 1. The molecule has 1 saturated heterocycles. The minimum Gasteiger partial charge on any atom is -0.437 e. The van der Waals surface area contributed by atoms with Crippen LogP contribution in [-0.2, 0) is 9.59 Å². The molecule has 1 fully saturated rings. The number of carbonyl (C=O) groups is 3. The lowest BCUT2D eigenvalue weighted by molar-refractivity contribution is -0.141. The summed E-state index contributed by atoms with van der Waals surface area (Å²) in [6, 6.07) is 6.15. The topological polar surface area (TPSA) is 132 Å². The number of H-pyrrole nitrogens is 1. The molecule has 10 heteroatoms. The van der Waals surface area contributed by atoms with Crippen LogP contribution >= 0.6 is 0 Å². The molecular weight excluding hydrogens is 484 g/mol. The molecule has 10 nitrogen and oxygen atoms in total. The van der Waals surface area contributed by atoms with E-state index in [2.05, 4.69) is 25.9 Å². The molecule has 0 aliphatic carbocycles. The van der Waals surface area contributed by atoms with Gasteiger partial charge in [0.25, 0.3) is 5.91 Å². The van der Waals surface area contributed by atoms with Gasteiger partial charge in [-0.05, 0) is 45.2 Å². The second-order valence-electron chi connectivity index (χ2n) is 10.8. The summed E-state index contributed by atoms with van der Waals surface area (Å²) < 4.78 is 6.32. The summed E-state index contributed by atoms with van der Waals surface area (Å²) in [6.45, 7) is 10.3. The van der Waals surface area contributed by atoms with E-state index in [1.54, 1.807) is 18.9 Å². The molecule has 204 valence electrons. The van der Waals surface area contributed by atoms with E-state index in [1.807, 2.05) is 58.2 Å². The Morgan fingerprint density at radius 2 is 1.97 bits per heavy atom. The molecular formula is C28H38N6O4. The first-order chi connectivity index (χ1) is 18.1. The van der Waals surface area contributed by atoms with Crippen molar-refractivity contribution in [3.63, 3.8) is 0 Å². The Labute approximate surface area is 222 Å². The van der Waals surface area contributed by atoms with Crippen molar-refractivity contribution < 1.29 is 18.8 Å². The van der Waals surface area contributed by atoms with E-state index in [4.69, 9.17) is 4.42 Å². The molecule has 1 aliphatic rings. The number of hydrogen-bond donors (Lipinski definition) is 4. The van der Waals surface area contributed by atoms with Gasteiger partial charge in [-0.15, -0.1) is 0 Å². The summed E-state index contributed by atoms with van der Waals surface area (Å²) in [7, 11) is 1.70. The number of hydrogen-bond acceptors (Lipinski definition) is 6. The maximum Gasteiger partial charge on any atom is 0.273 e. The standard InChI is InChI=1S/C28H38N6O4/c1-7-30-25(36)21-22(18-15-31-19-12-9-8-11-17(18)19)38-26(32-21)20-13-10-14-34(20)27(37)23(28(3,4)5)33-24(35)16(2)29-6/h8-9,11-12,15-16,20,23,29,31H,7,10,13-14H2,1-6H3,(H,30,36)(H,33,35)/t16-,20-,23+/m0/s1. The Kier molecular flexibility index (Phi) is 7.91. The molecule has 3 amide bonds. The number of aromatic amines is 1. The molecule has 3 heterocycles. The van der Waals surface area contributed by atoms with Crippen molar-refractivity contribution in [3.05, 3.63) is 42.0 Å². The van der Waals surface area contributed by atoms with Crippen molar-refractivity contribution in [2.24, 2.45) is 5.41 Å². The second-order valence-corrected chi connectivity index (χ2v) is 10.8. The van der Waals surface area contributed by atoms with E-state index in [0.717, 1.165) is 22.9 Å². The van der Waals surface area contributed by atoms with Crippen LogP contribution in [0.1, 0.15) is 69.9 Å². The Bertz CT molecular complexity index is 1320. The van der Waals surface area contributed by atoms with Crippen LogP contribution in [0.3, 0.4) is 0 Å². The van der Waals surface area contributed by atoms with Crippen LogP contribution < -0.4 is 16.0 Å². The van der Waals surface area contributed by atoms with Crippen molar-refractivity contribution >= 4 is 28.6 Å². The highest BCUT2D eigenvalue weighted by Crippen LogP contribution is 2.38. The summed E-state index contributed by atoms with van der Waals surface area (Å²) in [4.78, 5) is 49.2. The van der Waals surface area contributed by atoms with Crippen LogP contribution in [-0.4, -0.2) is 64.8 Å². The molecule has 0 unspecified atom stereocenters. The number of nitrogens with one attached hydrogen (secondary N) is 4. The number of fused-ring (bicyclic) bond motifs is 1. The Morgan fingerprint density at radius 1 is 1.24 bits per heavy atom. The number of nitrogens with zero attached hydrogens (tertiary/aromatic N) is 2. The normalized spacial score (nSPS) is 17.4. The van der Waals surface area contributed by atoms with Crippen LogP contribution in [0.25, 0.3) is 22.2 Å². The van der Waals surface area contributed by atoms with Crippen LogP contribution in [0.15, 0.2) is 34.9 Å². The monoisotopic (exact) mass is 522 g/mol. The van der Waals surface area contributed by atoms with E-state index >= 15 is 0 Å². The zero-order chi connectivity index (χ0) is 27.6. The highest BCUT2D eigenvalue weighted by atomic mass is 16.4. The molecule has 0 spiro atoms. The van der Waals surface area contributed by atoms with Gasteiger partial charge in [0.15, 0.2) is 11.5 Å². The molecule has 1 aromatic carbocycles. The van der Waals surface area contributed by atoms with Crippen molar-refractivity contribution in [1.29, 1.82) is 0 Å². The number of rotatable bonds is 8. The van der Waals surface area contributed by atoms with Crippen molar-refractivity contribution in [2.45, 2.75) is 65.6 Å². The fourth-order valence-electron chi connectivity index (χ4n) is 4.82. The highest BCUT2D eigenvalue weighted by Gasteiger charge is 2.42. The number of aromatic nitrogens is 2. The molecule has 0 bridgehead atoms. The first-order valence-electron chi connectivity index (χ1n) is 13.2. The van der Waals surface area contributed by atoms with Crippen LogP contribution in [0.2, 0.25) is 0 Å². The third kappa shape index (κ3) is 5.31. The number of likely N-dealkylation sites (N-methyl/N-ethyl adjacent to an activating group) is 1. The molecule has 1 aliphatic heterocycles. The lowest BCUT2D eigenvalue weighted by Gasteiger charge is -2.35. The van der Waals surface area contributed by atoms with Crippen molar-refractivity contribution in [2.75, 3.05) is 20.1 Å². The first-order valence-corrected chi connectivity index (χ1v) is 13.2. The van der Waals surface area contributed by atoms with Crippen LogP contribution in [0, 0.1) is 5.41 Å². The number of carbonyl (C=O) groups excluding carboxylic acids is 3. The van der Waals surface area contributed by atoms with E-state index in [9.17, 15) is 14.4 Å². The summed E-state index contributed by atoms with van der Waals surface area (Å²) in [5.41, 5.74) is 1.32. The molecule has 4 rings (SSSR count). The molecule has 0 saturated carbocycles. The number of amides is 3.